The van der Waals surface area contributed by atoms with Gasteiger partial charge >= 0.3 is 0 Å². The number of anilines is 1. The Morgan fingerprint density at radius 1 is 1.00 bits per heavy atom. The lowest BCUT2D eigenvalue weighted by molar-refractivity contribution is 0.0989. The molecule has 0 atom stereocenters. The number of benzene rings is 2. The van der Waals surface area contributed by atoms with E-state index in [0.717, 1.165) is 66.0 Å². The lowest BCUT2D eigenvalue weighted by Crippen LogP contribution is -2.35. The highest BCUT2D eigenvalue weighted by Gasteiger charge is 2.30. The maximum atomic E-state index is 13.8. The zero-order valence-electron chi connectivity index (χ0n) is 22.9. The Kier molecular flexibility index (Phi) is 6.52. The van der Waals surface area contributed by atoms with E-state index >= 15 is 0 Å². The molecule has 2 aliphatic heterocycles. The number of carbonyl (C=O) groups excluding carboxylic acids is 1. The molecule has 1 amide bonds. The third-order valence-corrected chi connectivity index (χ3v) is 8.84. The zero-order valence-corrected chi connectivity index (χ0v) is 22.9. The molecule has 206 valence electrons. The number of aromatic amines is 1. The number of ether oxygens (including phenoxy) is 1. The first-order valence-electron chi connectivity index (χ1n) is 14.5. The van der Waals surface area contributed by atoms with Gasteiger partial charge in [-0.05, 0) is 87.0 Å². The molecule has 2 fully saturated rings. The minimum atomic E-state index is -0.0283. The maximum Gasteiger partial charge on any atom is 0.262 e. The number of carbonyl (C=O) groups is 1. The summed E-state index contributed by atoms with van der Waals surface area (Å²) in [4.78, 5) is 30.8. The molecule has 7 rings (SSSR count). The molecule has 2 N–H and O–H groups in total. The van der Waals surface area contributed by atoms with Crippen LogP contribution in [0.15, 0.2) is 48.8 Å². The maximum absolute atomic E-state index is 13.8. The van der Waals surface area contributed by atoms with Crippen LogP contribution in [0.1, 0.15) is 64.7 Å². The van der Waals surface area contributed by atoms with E-state index in [9.17, 15) is 9.90 Å². The smallest absolute Gasteiger partial charge is 0.262 e. The molecule has 1 saturated heterocycles. The molecule has 8 heteroatoms. The second kappa shape index (κ2) is 10.3. The van der Waals surface area contributed by atoms with Gasteiger partial charge in [-0.25, -0.2) is 9.97 Å². The number of hydrogen-bond donors (Lipinski definition) is 2. The number of H-pyrrole nitrogens is 1. The molecule has 0 radical (unpaired) electrons. The van der Waals surface area contributed by atoms with Gasteiger partial charge in [-0.1, -0.05) is 18.2 Å². The molecule has 0 bridgehead atoms. The summed E-state index contributed by atoms with van der Waals surface area (Å²) in [6, 6.07) is 14.4. The number of nitrogens with zero attached hydrogens (tertiary/aromatic N) is 4. The molecule has 1 saturated carbocycles. The van der Waals surface area contributed by atoms with Gasteiger partial charge in [0.2, 0.25) is 0 Å². The number of piperidine rings is 1. The number of nitrogens with one attached hydrogen (secondary N) is 1. The van der Waals surface area contributed by atoms with Gasteiger partial charge in [0.15, 0.2) is 0 Å². The van der Waals surface area contributed by atoms with Crippen LogP contribution in [-0.2, 0) is 0 Å². The van der Waals surface area contributed by atoms with Crippen LogP contribution in [0.4, 0.5) is 5.69 Å². The SMILES string of the molecule is Cc1c(-c2ncnc3[nH]c(C4CCN(CCO)CC4)cc23)cccc1N1CCOc2cc(C3CC3)ccc2C1=O. The average Bonchev–Trinajstić information content (AvgIpc) is 3.76. The van der Waals surface area contributed by atoms with Crippen LogP contribution in [0.25, 0.3) is 22.3 Å². The fourth-order valence-electron chi connectivity index (χ4n) is 6.41. The monoisotopic (exact) mass is 537 g/mol. The fourth-order valence-corrected chi connectivity index (χ4v) is 6.41. The van der Waals surface area contributed by atoms with E-state index < -0.39 is 0 Å². The third-order valence-electron chi connectivity index (χ3n) is 8.84. The second-order valence-corrected chi connectivity index (χ2v) is 11.3. The fraction of sp³-hybridized carbons (Fsp3) is 0.406. The molecule has 0 spiro atoms. The Hall–Kier alpha value is -3.75. The van der Waals surface area contributed by atoms with E-state index in [1.54, 1.807) is 6.33 Å². The van der Waals surface area contributed by atoms with Crippen molar-refractivity contribution >= 4 is 22.6 Å². The molecule has 4 aromatic rings. The van der Waals surface area contributed by atoms with E-state index in [1.807, 2.05) is 23.1 Å². The third kappa shape index (κ3) is 4.55. The van der Waals surface area contributed by atoms with Crippen molar-refractivity contribution in [1.82, 2.24) is 19.9 Å². The summed E-state index contributed by atoms with van der Waals surface area (Å²) in [6.07, 6.45) is 6.15. The molecular weight excluding hydrogens is 502 g/mol. The van der Waals surface area contributed by atoms with Crippen LogP contribution >= 0.6 is 0 Å². The summed E-state index contributed by atoms with van der Waals surface area (Å²) >= 11 is 0. The predicted octanol–water partition coefficient (Wildman–Crippen LogP) is 5.02. The van der Waals surface area contributed by atoms with Crippen molar-refractivity contribution in [2.45, 2.75) is 44.4 Å². The number of hydrogen-bond acceptors (Lipinski definition) is 6. The van der Waals surface area contributed by atoms with E-state index in [0.29, 0.717) is 36.3 Å². The normalized spacial score (nSPS) is 18.6. The molecule has 8 nitrogen and oxygen atoms in total. The number of fused-ring (bicyclic) bond motifs is 2. The summed E-state index contributed by atoms with van der Waals surface area (Å²) in [6.45, 7) is 5.92. The average molecular weight is 538 g/mol. The molecule has 0 unspecified atom stereocenters. The largest absolute Gasteiger partial charge is 0.491 e. The molecule has 2 aromatic heterocycles. The van der Waals surface area contributed by atoms with Gasteiger partial charge in [-0.15, -0.1) is 0 Å². The second-order valence-electron chi connectivity index (χ2n) is 11.3. The molecule has 1 aliphatic carbocycles. The van der Waals surface area contributed by atoms with Crippen molar-refractivity contribution in [2.75, 3.05) is 44.3 Å². The Balaban J connectivity index is 1.20. The van der Waals surface area contributed by atoms with Gasteiger partial charge in [0, 0.05) is 34.8 Å². The standard InChI is InChI=1S/C32H35N5O3/c1-20-24(30-26-18-27(35-31(26)34-19-33-30)22-9-11-36(12-10-22)13-15-38)3-2-4-28(20)37-14-16-40-29-17-23(21-5-6-21)7-8-25(29)32(37)39/h2-4,7-8,17-19,21-22,38H,5-6,9-16H2,1H3,(H,33,34,35). The Morgan fingerprint density at radius 3 is 2.65 bits per heavy atom. The predicted molar refractivity (Wildman–Crippen MR) is 155 cm³/mol. The Bertz CT molecular complexity index is 1570. The number of aliphatic hydroxyl groups excluding tert-OH is 1. The van der Waals surface area contributed by atoms with E-state index in [2.05, 4.69) is 46.1 Å². The summed E-state index contributed by atoms with van der Waals surface area (Å²) in [5.74, 6) is 1.71. The van der Waals surface area contributed by atoms with Crippen molar-refractivity contribution < 1.29 is 14.6 Å². The Morgan fingerprint density at radius 2 is 1.85 bits per heavy atom. The van der Waals surface area contributed by atoms with Crippen molar-refractivity contribution in [2.24, 2.45) is 0 Å². The highest BCUT2D eigenvalue weighted by molar-refractivity contribution is 6.09. The molecule has 2 aromatic carbocycles. The summed E-state index contributed by atoms with van der Waals surface area (Å²) in [5.41, 5.74) is 7.67. The Labute approximate surface area is 234 Å². The zero-order chi connectivity index (χ0) is 27.2. The summed E-state index contributed by atoms with van der Waals surface area (Å²) in [7, 11) is 0. The van der Waals surface area contributed by atoms with Crippen LogP contribution in [-0.4, -0.2) is 70.3 Å². The number of aliphatic hydroxyl groups is 1. The van der Waals surface area contributed by atoms with E-state index in [4.69, 9.17) is 9.72 Å². The summed E-state index contributed by atoms with van der Waals surface area (Å²) < 4.78 is 6.08. The van der Waals surface area contributed by atoms with Gasteiger partial charge in [0.25, 0.3) is 5.91 Å². The molecule has 40 heavy (non-hydrogen) atoms. The lowest BCUT2D eigenvalue weighted by Gasteiger charge is -2.30. The number of aromatic nitrogens is 3. The minimum absolute atomic E-state index is 0.0283. The molecule has 4 heterocycles. The number of amides is 1. The van der Waals surface area contributed by atoms with Gasteiger partial charge in [-0.2, -0.15) is 0 Å². The molecule has 3 aliphatic rings. The molecular formula is C32H35N5O3. The van der Waals surface area contributed by atoms with Crippen molar-refractivity contribution in [3.63, 3.8) is 0 Å². The van der Waals surface area contributed by atoms with Crippen molar-refractivity contribution in [1.29, 1.82) is 0 Å². The van der Waals surface area contributed by atoms with Gasteiger partial charge < -0.3 is 24.6 Å². The first kappa shape index (κ1) is 25.2. The number of rotatable bonds is 6. The first-order valence-corrected chi connectivity index (χ1v) is 14.5. The van der Waals surface area contributed by atoms with E-state index in [1.165, 1.54) is 24.1 Å². The highest BCUT2D eigenvalue weighted by atomic mass is 16.5. The number of likely N-dealkylation sites (tertiary alicyclic amines) is 1. The van der Waals surface area contributed by atoms with E-state index in [-0.39, 0.29) is 12.5 Å². The van der Waals surface area contributed by atoms with Crippen molar-refractivity contribution in [3.8, 4) is 17.0 Å². The van der Waals surface area contributed by atoms with Crippen LogP contribution in [0.3, 0.4) is 0 Å². The van der Waals surface area contributed by atoms with Gasteiger partial charge in [0.05, 0.1) is 24.4 Å². The lowest BCUT2D eigenvalue weighted by atomic mass is 9.93. The first-order chi connectivity index (χ1) is 19.6. The number of β-amino-alcohol motifs (C(OH)–C–C–N with tert-alkyl or cyclic N) is 1. The minimum Gasteiger partial charge on any atom is -0.491 e. The quantitative estimate of drug-likeness (QED) is 0.359. The van der Waals surface area contributed by atoms with Crippen LogP contribution in [0.5, 0.6) is 5.75 Å². The van der Waals surface area contributed by atoms with Gasteiger partial charge in [0.1, 0.15) is 24.3 Å². The highest BCUT2D eigenvalue weighted by Crippen LogP contribution is 2.42. The van der Waals surface area contributed by atoms with Gasteiger partial charge in [-0.3, -0.25) is 4.79 Å². The topological polar surface area (TPSA) is 94.6 Å². The summed E-state index contributed by atoms with van der Waals surface area (Å²) in [5, 5.41) is 10.3. The van der Waals surface area contributed by atoms with Crippen LogP contribution in [0, 0.1) is 6.92 Å². The van der Waals surface area contributed by atoms with Crippen LogP contribution in [0.2, 0.25) is 0 Å². The van der Waals surface area contributed by atoms with Crippen molar-refractivity contribution in [3.05, 3.63) is 71.2 Å². The van der Waals surface area contributed by atoms with Crippen LogP contribution < -0.4 is 9.64 Å².